The van der Waals surface area contributed by atoms with Crippen molar-refractivity contribution in [3.05, 3.63) is 0 Å². The van der Waals surface area contributed by atoms with E-state index >= 15 is 0 Å². The third-order valence-corrected chi connectivity index (χ3v) is 6.52. The van der Waals surface area contributed by atoms with Gasteiger partial charge in [0.25, 0.3) is 0 Å². The number of carbonyl (C=O) groups is 1. The fourth-order valence-corrected chi connectivity index (χ4v) is 4.44. The summed E-state index contributed by atoms with van der Waals surface area (Å²) in [6.07, 6.45) is 20.4. The van der Waals surface area contributed by atoms with Crippen LogP contribution in [-0.4, -0.2) is 44.5 Å². The van der Waals surface area contributed by atoms with Crippen molar-refractivity contribution in [2.45, 2.75) is 115 Å². The van der Waals surface area contributed by atoms with Crippen LogP contribution in [0.5, 0.6) is 0 Å². The van der Waals surface area contributed by atoms with Crippen molar-refractivity contribution in [3.8, 4) is 0 Å². The number of unbranched alkanes of at least 4 members (excludes halogenated alkanes) is 7. The Bertz CT molecular complexity index is 385. The summed E-state index contributed by atoms with van der Waals surface area (Å²) in [5, 5.41) is 7.03. The first kappa shape index (κ1) is 27.5. The maximum absolute atomic E-state index is 12.2. The number of ketones is 1. The molecule has 30 heavy (non-hydrogen) atoms. The van der Waals surface area contributed by atoms with Crippen LogP contribution in [0.4, 0.5) is 0 Å². The van der Waals surface area contributed by atoms with E-state index in [0.29, 0.717) is 6.42 Å². The van der Waals surface area contributed by atoms with Crippen molar-refractivity contribution >= 4 is 5.78 Å². The van der Waals surface area contributed by atoms with E-state index in [0.717, 1.165) is 70.6 Å². The Morgan fingerprint density at radius 3 is 2.10 bits per heavy atom. The fourth-order valence-electron chi connectivity index (χ4n) is 4.44. The summed E-state index contributed by atoms with van der Waals surface area (Å²) in [6, 6.07) is -0.241. The minimum Gasteiger partial charge on any atom is -0.330 e. The number of carbonyl (C=O) groups excluding carboxylic acids is 1. The van der Waals surface area contributed by atoms with Crippen molar-refractivity contribution in [2.24, 2.45) is 17.4 Å². The Kier molecular flexibility index (Phi) is 18.7. The van der Waals surface area contributed by atoms with Gasteiger partial charge in [0.15, 0.2) is 0 Å². The lowest BCUT2D eigenvalue weighted by Gasteiger charge is -2.21. The van der Waals surface area contributed by atoms with Gasteiger partial charge in [0.2, 0.25) is 0 Å². The molecule has 0 heterocycles. The lowest BCUT2D eigenvalue weighted by Crippen LogP contribution is -2.30. The third-order valence-electron chi connectivity index (χ3n) is 6.52. The van der Waals surface area contributed by atoms with Crippen LogP contribution in [0.25, 0.3) is 0 Å². The lowest BCUT2D eigenvalue weighted by molar-refractivity contribution is -0.120. The van der Waals surface area contributed by atoms with Gasteiger partial charge in [0, 0.05) is 6.42 Å². The first-order valence-corrected chi connectivity index (χ1v) is 13.1. The minimum atomic E-state index is -0.241. The van der Waals surface area contributed by atoms with Crippen molar-refractivity contribution in [2.75, 3.05) is 32.7 Å². The van der Waals surface area contributed by atoms with Crippen LogP contribution in [0.1, 0.15) is 109 Å². The van der Waals surface area contributed by atoms with Gasteiger partial charge >= 0.3 is 0 Å². The first-order valence-electron chi connectivity index (χ1n) is 13.1. The first-order chi connectivity index (χ1) is 14.7. The highest BCUT2D eigenvalue weighted by atomic mass is 16.1. The van der Waals surface area contributed by atoms with E-state index in [1.54, 1.807) is 0 Å². The Morgan fingerprint density at radius 1 is 0.767 bits per heavy atom. The number of Topliss-reactive ketones (excluding diaryl/α,β-unsaturated/α-hetero) is 1. The second-order valence-electron chi connectivity index (χ2n) is 9.39. The number of hydrogen-bond donors (Lipinski definition) is 4. The Balaban J connectivity index is 1.81. The lowest BCUT2D eigenvalue weighted by atomic mass is 9.89. The molecule has 1 aliphatic carbocycles. The molecule has 0 aromatic carbocycles. The van der Waals surface area contributed by atoms with Crippen LogP contribution in [0.3, 0.4) is 0 Å². The number of nitrogens with two attached hydrogens (primary N) is 2. The summed E-state index contributed by atoms with van der Waals surface area (Å²) in [7, 11) is 0. The van der Waals surface area contributed by atoms with Gasteiger partial charge in [0.05, 0.1) is 6.04 Å². The number of nitrogens with one attached hydrogen (secondary N) is 2. The standard InChI is InChI=1S/C25H52N4O/c26-18-13-21-28-19-11-5-3-1-2-4-9-17-25(30)24(27)16-10-12-20-29-22-23-14-7-6-8-15-23/h23-24,28-29H,1-22,26-27H2/t24-/m0/s1. The molecule has 178 valence electrons. The molecule has 0 unspecified atom stereocenters. The SMILES string of the molecule is NCCCNCCCCCCCCCC(=O)[C@@H](N)CCCCNCC1CCCCC1. The molecule has 1 fully saturated rings. The molecule has 0 amide bonds. The fraction of sp³-hybridized carbons (Fsp3) is 0.960. The average molecular weight is 425 g/mol. The molecule has 0 aromatic heterocycles. The van der Waals surface area contributed by atoms with Gasteiger partial charge in [-0.2, -0.15) is 0 Å². The molecule has 1 rings (SSSR count). The molecule has 6 N–H and O–H groups in total. The van der Waals surface area contributed by atoms with Crippen LogP contribution in [-0.2, 0) is 4.79 Å². The zero-order chi connectivity index (χ0) is 21.7. The van der Waals surface area contributed by atoms with E-state index in [4.69, 9.17) is 11.5 Å². The minimum absolute atomic E-state index is 0.241. The molecule has 5 heteroatoms. The molecular weight excluding hydrogens is 372 g/mol. The van der Waals surface area contributed by atoms with Gasteiger partial charge in [-0.15, -0.1) is 0 Å². The van der Waals surface area contributed by atoms with Gasteiger partial charge in [0.1, 0.15) is 5.78 Å². The molecule has 1 saturated carbocycles. The van der Waals surface area contributed by atoms with E-state index in [2.05, 4.69) is 10.6 Å². The van der Waals surface area contributed by atoms with E-state index in [1.807, 2.05) is 0 Å². The number of rotatable bonds is 21. The molecule has 0 aromatic rings. The highest BCUT2D eigenvalue weighted by molar-refractivity contribution is 5.83. The highest BCUT2D eigenvalue weighted by Gasteiger charge is 2.13. The van der Waals surface area contributed by atoms with Crippen LogP contribution >= 0.6 is 0 Å². The van der Waals surface area contributed by atoms with Gasteiger partial charge in [-0.3, -0.25) is 4.79 Å². The van der Waals surface area contributed by atoms with Crippen molar-refractivity contribution in [3.63, 3.8) is 0 Å². The van der Waals surface area contributed by atoms with Crippen molar-refractivity contribution < 1.29 is 4.79 Å². The summed E-state index contributed by atoms with van der Waals surface area (Å²) < 4.78 is 0. The van der Waals surface area contributed by atoms with E-state index in [1.165, 1.54) is 70.8 Å². The zero-order valence-corrected chi connectivity index (χ0v) is 19.8. The van der Waals surface area contributed by atoms with Gasteiger partial charge in [-0.05, 0) is 83.6 Å². The van der Waals surface area contributed by atoms with E-state index < -0.39 is 0 Å². The van der Waals surface area contributed by atoms with Crippen molar-refractivity contribution in [1.29, 1.82) is 0 Å². The number of hydrogen-bond acceptors (Lipinski definition) is 5. The molecule has 1 aliphatic rings. The molecule has 0 saturated heterocycles. The molecule has 0 aliphatic heterocycles. The summed E-state index contributed by atoms with van der Waals surface area (Å²) in [4.78, 5) is 12.2. The van der Waals surface area contributed by atoms with Gasteiger partial charge in [-0.25, -0.2) is 0 Å². The molecule has 0 bridgehead atoms. The normalized spacial score (nSPS) is 16.1. The Hall–Kier alpha value is -0.490. The molecule has 1 atom stereocenters. The average Bonchev–Trinajstić information content (AvgIpc) is 2.77. The second kappa shape index (κ2) is 20.4. The van der Waals surface area contributed by atoms with Crippen LogP contribution in [0, 0.1) is 5.92 Å². The highest BCUT2D eigenvalue weighted by Crippen LogP contribution is 2.22. The summed E-state index contributed by atoms with van der Waals surface area (Å²) in [6.45, 7) is 5.18. The summed E-state index contributed by atoms with van der Waals surface area (Å²) >= 11 is 0. The summed E-state index contributed by atoms with van der Waals surface area (Å²) in [5.41, 5.74) is 11.6. The van der Waals surface area contributed by atoms with E-state index in [9.17, 15) is 4.79 Å². The smallest absolute Gasteiger partial charge is 0.149 e. The molecular formula is C25H52N4O. The maximum atomic E-state index is 12.2. The maximum Gasteiger partial charge on any atom is 0.149 e. The monoisotopic (exact) mass is 424 g/mol. The second-order valence-corrected chi connectivity index (χ2v) is 9.39. The van der Waals surface area contributed by atoms with Crippen LogP contribution in [0.15, 0.2) is 0 Å². The largest absolute Gasteiger partial charge is 0.330 e. The van der Waals surface area contributed by atoms with Crippen LogP contribution in [0.2, 0.25) is 0 Å². The van der Waals surface area contributed by atoms with Crippen LogP contribution < -0.4 is 22.1 Å². The summed E-state index contributed by atoms with van der Waals surface area (Å²) in [5.74, 6) is 1.17. The van der Waals surface area contributed by atoms with Gasteiger partial charge in [-0.1, -0.05) is 57.8 Å². The third kappa shape index (κ3) is 16.2. The van der Waals surface area contributed by atoms with E-state index in [-0.39, 0.29) is 11.8 Å². The molecule has 5 nitrogen and oxygen atoms in total. The topological polar surface area (TPSA) is 93.2 Å². The Labute approximate surface area is 186 Å². The molecule has 0 radical (unpaired) electrons. The predicted octanol–water partition coefficient (Wildman–Crippen LogP) is 4.28. The van der Waals surface area contributed by atoms with Crippen molar-refractivity contribution in [1.82, 2.24) is 10.6 Å². The zero-order valence-electron chi connectivity index (χ0n) is 19.8. The Morgan fingerprint density at radius 2 is 1.37 bits per heavy atom. The van der Waals surface area contributed by atoms with Gasteiger partial charge < -0.3 is 22.1 Å². The predicted molar refractivity (Wildman–Crippen MR) is 130 cm³/mol. The molecule has 0 spiro atoms. The quantitative estimate of drug-likeness (QED) is 0.206.